The van der Waals surface area contributed by atoms with Gasteiger partial charge >= 0.3 is 6.18 Å². The number of allylic oxidation sites excluding steroid dienone is 2. The molecule has 41 heavy (non-hydrogen) atoms. The van der Waals surface area contributed by atoms with E-state index in [1.54, 1.807) is 35.5 Å². The molecule has 3 rings (SSSR count). The number of ketones is 1. The molecule has 0 saturated carbocycles. The van der Waals surface area contributed by atoms with Gasteiger partial charge in [-0.05, 0) is 100 Å². The molecule has 0 amide bonds. The van der Waals surface area contributed by atoms with Crippen molar-refractivity contribution in [2.24, 2.45) is 0 Å². The van der Waals surface area contributed by atoms with Gasteiger partial charge in [-0.25, -0.2) is 8.42 Å². The third kappa shape index (κ3) is 8.57. The average Bonchev–Trinajstić information content (AvgIpc) is 2.91. The quantitative estimate of drug-likeness (QED) is 0.247. The second-order valence-corrected chi connectivity index (χ2v) is 13.6. The fourth-order valence-corrected chi connectivity index (χ4v) is 6.95. The number of halogens is 5. The highest BCUT2D eigenvalue weighted by molar-refractivity contribution is 7.88. The van der Waals surface area contributed by atoms with E-state index >= 15 is 0 Å². The summed E-state index contributed by atoms with van der Waals surface area (Å²) in [5.41, 5.74) is 0.244. The summed E-state index contributed by atoms with van der Waals surface area (Å²) in [7, 11) is -3.28. The molecule has 1 unspecified atom stereocenters. The topological polar surface area (TPSA) is 57.7 Å². The average molecular weight is 634 g/mol. The zero-order valence-corrected chi connectivity index (χ0v) is 26.1. The molecule has 0 spiro atoms. The number of likely N-dealkylation sites (tertiary alicyclic amines) is 1. The number of carbonyl (C=O) groups is 1. The van der Waals surface area contributed by atoms with E-state index in [1.807, 2.05) is 13.8 Å². The predicted octanol–water partition coefficient (Wildman–Crippen LogP) is 7.16. The molecule has 1 aliphatic rings. The lowest BCUT2D eigenvalue weighted by atomic mass is 9.73. The highest BCUT2D eigenvalue weighted by Gasteiger charge is 2.37. The Kier molecular flexibility index (Phi) is 11.1. The number of hydrogen-bond acceptors (Lipinski definition) is 4. The van der Waals surface area contributed by atoms with Crippen LogP contribution in [0.2, 0.25) is 10.0 Å². The molecule has 0 bridgehead atoms. The Morgan fingerprint density at radius 3 is 2.15 bits per heavy atom. The molecule has 1 saturated heterocycles. The fraction of sp³-hybridized carbons (Fsp3) is 0.500. The number of carbonyl (C=O) groups excluding carboxylic acids is 1. The first kappa shape index (κ1) is 33.6. The highest BCUT2D eigenvalue weighted by atomic mass is 35.5. The summed E-state index contributed by atoms with van der Waals surface area (Å²) >= 11 is 12.5. The normalized spacial score (nSPS) is 17.6. The minimum atomic E-state index is -4.40. The van der Waals surface area contributed by atoms with Crippen molar-refractivity contribution in [3.05, 3.63) is 80.8 Å². The Morgan fingerprint density at radius 2 is 1.63 bits per heavy atom. The van der Waals surface area contributed by atoms with Gasteiger partial charge in [-0.2, -0.15) is 17.5 Å². The molecule has 5 nitrogen and oxygen atoms in total. The maximum Gasteiger partial charge on any atom is 0.416 e. The Balaban J connectivity index is 1.77. The van der Waals surface area contributed by atoms with Gasteiger partial charge < -0.3 is 4.90 Å². The Morgan fingerprint density at radius 1 is 1.05 bits per heavy atom. The van der Waals surface area contributed by atoms with Crippen LogP contribution in [-0.2, 0) is 32.8 Å². The summed E-state index contributed by atoms with van der Waals surface area (Å²) in [6.45, 7) is 7.92. The molecule has 1 aliphatic heterocycles. The molecule has 2 aromatic rings. The summed E-state index contributed by atoms with van der Waals surface area (Å²) in [6.07, 6.45) is 0.814. The SMILES string of the molecule is CCN(C1CCN(CCC(C)(C(=O)C(C)=CCc2ccc(C(F)(F)F)cc2)c2ccc(Cl)c(Cl)c2)CC1)S(C)(=O)=O. The summed E-state index contributed by atoms with van der Waals surface area (Å²) in [5, 5.41) is 0.726. The largest absolute Gasteiger partial charge is 0.416 e. The second-order valence-electron chi connectivity index (χ2n) is 10.9. The van der Waals surface area contributed by atoms with E-state index < -0.39 is 27.2 Å². The van der Waals surface area contributed by atoms with Crippen molar-refractivity contribution in [2.75, 3.05) is 32.4 Å². The molecule has 226 valence electrons. The minimum absolute atomic E-state index is 0.0373. The molecule has 0 aromatic heterocycles. The lowest BCUT2D eigenvalue weighted by Gasteiger charge is -2.38. The van der Waals surface area contributed by atoms with Crippen LogP contribution in [0, 0.1) is 0 Å². The summed E-state index contributed by atoms with van der Waals surface area (Å²) in [5.74, 6) is -0.105. The maximum absolute atomic E-state index is 13.9. The van der Waals surface area contributed by atoms with E-state index in [1.165, 1.54) is 18.4 Å². The van der Waals surface area contributed by atoms with Crippen molar-refractivity contribution >= 4 is 39.0 Å². The second kappa shape index (κ2) is 13.6. The van der Waals surface area contributed by atoms with Crippen molar-refractivity contribution < 1.29 is 26.4 Å². The van der Waals surface area contributed by atoms with E-state index in [2.05, 4.69) is 4.90 Å². The van der Waals surface area contributed by atoms with Gasteiger partial charge in [0.2, 0.25) is 10.0 Å². The van der Waals surface area contributed by atoms with Crippen LogP contribution in [-0.4, -0.2) is 61.9 Å². The lowest BCUT2D eigenvalue weighted by molar-refractivity contribution is -0.137. The van der Waals surface area contributed by atoms with Gasteiger partial charge in [0.05, 0.1) is 27.3 Å². The third-order valence-corrected chi connectivity index (χ3v) is 10.1. The van der Waals surface area contributed by atoms with Crippen LogP contribution < -0.4 is 0 Å². The van der Waals surface area contributed by atoms with Crippen molar-refractivity contribution in [2.45, 2.75) is 64.1 Å². The zero-order valence-electron chi connectivity index (χ0n) is 23.8. The fourth-order valence-electron chi connectivity index (χ4n) is 5.43. The molecule has 0 aliphatic carbocycles. The molecular formula is C30H37Cl2F3N2O3S. The van der Waals surface area contributed by atoms with Crippen LogP contribution >= 0.6 is 23.2 Å². The first-order chi connectivity index (χ1) is 19.1. The monoisotopic (exact) mass is 632 g/mol. The van der Waals surface area contributed by atoms with Gasteiger partial charge in [-0.15, -0.1) is 0 Å². The number of benzene rings is 2. The van der Waals surface area contributed by atoms with Gasteiger partial charge in [0.15, 0.2) is 5.78 Å². The molecular weight excluding hydrogens is 596 g/mol. The van der Waals surface area contributed by atoms with E-state index in [0.717, 1.165) is 17.7 Å². The van der Waals surface area contributed by atoms with Gasteiger partial charge in [0.25, 0.3) is 0 Å². The number of alkyl halides is 3. The number of nitrogens with zero attached hydrogens (tertiary/aromatic N) is 2. The number of sulfonamides is 1. The summed E-state index contributed by atoms with van der Waals surface area (Å²) in [6, 6.07) is 10.1. The molecule has 0 N–H and O–H groups in total. The van der Waals surface area contributed by atoms with Crippen molar-refractivity contribution in [3.8, 4) is 0 Å². The molecule has 0 radical (unpaired) electrons. The third-order valence-electron chi connectivity index (χ3n) is 7.97. The van der Waals surface area contributed by atoms with Crippen LogP contribution in [0.5, 0.6) is 0 Å². The van der Waals surface area contributed by atoms with Crippen LogP contribution in [0.3, 0.4) is 0 Å². The van der Waals surface area contributed by atoms with E-state index in [4.69, 9.17) is 23.2 Å². The number of Topliss-reactive ketones (excluding diaryl/α,β-unsaturated/α-hetero) is 1. The van der Waals surface area contributed by atoms with E-state index in [0.29, 0.717) is 73.0 Å². The molecule has 11 heteroatoms. The van der Waals surface area contributed by atoms with Crippen LogP contribution in [0.25, 0.3) is 0 Å². The highest BCUT2D eigenvalue weighted by Crippen LogP contribution is 2.36. The number of rotatable bonds is 11. The molecule has 2 aromatic carbocycles. The Labute approximate surface area is 251 Å². The Hall–Kier alpha value is -1.91. The molecule has 1 fully saturated rings. The van der Waals surface area contributed by atoms with Gasteiger partial charge in [-0.1, -0.05) is 54.4 Å². The standard InChI is InChI=1S/C30H37Cl2F3N2O3S/c1-5-37(41(4,39)40)25-14-17-36(18-15-25)19-16-29(3,24-12-13-26(31)27(32)20-24)28(38)21(2)6-7-22-8-10-23(11-9-22)30(33,34)35/h6,8-13,20,25H,5,7,14-19H2,1-4H3. The smallest absolute Gasteiger partial charge is 0.303 e. The summed E-state index contributed by atoms with van der Waals surface area (Å²) < 4.78 is 64.6. The summed E-state index contributed by atoms with van der Waals surface area (Å²) in [4.78, 5) is 16.2. The predicted molar refractivity (Wildman–Crippen MR) is 159 cm³/mol. The Bertz CT molecular complexity index is 1360. The number of piperidine rings is 1. The van der Waals surface area contributed by atoms with Gasteiger partial charge in [0, 0.05) is 12.6 Å². The minimum Gasteiger partial charge on any atom is -0.303 e. The van der Waals surface area contributed by atoms with Crippen LogP contribution in [0.4, 0.5) is 13.2 Å². The van der Waals surface area contributed by atoms with Gasteiger partial charge in [-0.3, -0.25) is 4.79 Å². The van der Waals surface area contributed by atoms with Crippen molar-refractivity contribution in [3.63, 3.8) is 0 Å². The van der Waals surface area contributed by atoms with Crippen LogP contribution in [0.15, 0.2) is 54.1 Å². The van der Waals surface area contributed by atoms with Crippen molar-refractivity contribution in [1.82, 2.24) is 9.21 Å². The van der Waals surface area contributed by atoms with E-state index in [-0.39, 0.29) is 11.8 Å². The van der Waals surface area contributed by atoms with E-state index in [9.17, 15) is 26.4 Å². The first-order valence-corrected chi connectivity index (χ1v) is 16.2. The zero-order chi connectivity index (χ0) is 30.6. The molecule has 1 heterocycles. The van der Waals surface area contributed by atoms with Crippen molar-refractivity contribution in [1.29, 1.82) is 0 Å². The maximum atomic E-state index is 13.9. The molecule has 1 atom stereocenters. The van der Waals surface area contributed by atoms with Gasteiger partial charge in [0.1, 0.15) is 0 Å². The first-order valence-electron chi connectivity index (χ1n) is 13.6. The number of hydrogen-bond donors (Lipinski definition) is 0. The lowest BCUT2D eigenvalue weighted by Crippen LogP contribution is -2.48. The van der Waals surface area contributed by atoms with Crippen LogP contribution in [0.1, 0.15) is 56.7 Å².